The molecule has 124 valence electrons. The lowest BCUT2D eigenvalue weighted by molar-refractivity contribution is 0.251. The van der Waals surface area contributed by atoms with E-state index in [0.29, 0.717) is 11.7 Å². The maximum absolute atomic E-state index is 12.0. The number of aromatic nitrogens is 1. The van der Waals surface area contributed by atoms with Gasteiger partial charge < -0.3 is 10.2 Å². The second-order valence-corrected chi connectivity index (χ2v) is 6.88. The number of benzene rings is 2. The number of hydrogen-bond acceptors (Lipinski definition) is 4. The van der Waals surface area contributed by atoms with E-state index >= 15 is 0 Å². The Balaban J connectivity index is 1.53. The number of carbonyl (C=O) groups excluding carboxylic acids is 1. The zero-order valence-corrected chi connectivity index (χ0v) is 14.6. The van der Waals surface area contributed by atoms with Gasteiger partial charge in [0.1, 0.15) is 0 Å². The van der Waals surface area contributed by atoms with Crippen molar-refractivity contribution >= 4 is 32.7 Å². The quantitative estimate of drug-likeness (QED) is 0.745. The summed E-state index contributed by atoms with van der Waals surface area (Å²) >= 11 is 1.47. The summed E-state index contributed by atoms with van der Waals surface area (Å²) in [6.45, 7) is 1.39. The average molecular weight is 340 g/mol. The minimum Gasteiger partial charge on any atom is -0.334 e. The number of urea groups is 1. The highest BCUT2D eigenvalue weighted by atomic mass is 32.1. The molecule has 0 spiro atoms. The van der Waals surface area contributed by atoms with Gasteiger partial charge in [-0.2, -0.15) is 0 Å². The van der Waals surface area contributed by atoms with Crippen molar-refractivity contribution < 1.29 is 4.79 Å². The Morgan fingerprint density at radius 2 is 1.79 bits per heavy atom. The lowest BCUT2D eigenvalue weighted by atomic mass is 10.1. The number of hydrogen-bond donors (Lipinski definition) is 2. The van der Waals surface area contributed by atoms with Crippen molar-refractivity contribution in [2.75, 3.05) is 19.4 Å². The predicted octanol–water partition coefficient (Wildman–Crippen LogP) is 3.68. The van der Waals surface area contributed by atoms with Gasteiger partial charge in [-0.3, -0.25) is 5.32 Å². The fraction of sp³-hybridized carbons (Fsp3) is 0.222. The van der Waals surface area contributed by atoms with Gasteiger partial charge in [0.2, 0.25) is 0 Å². The van der Waals surface area contributed by atoms with Crippen LogP contribution >= 0.6 is 11.3 Å². The smallest absolute Gasteiger partial charge is 0.321 e. The van der Waals surface area contributed by atoms with Crippen LogP contribution in [-0.2, 0) is 13.1 Å². The molecule has 0 saturated carbocycles. The minimum atomic E-state index is -0.244. The van der Waals surface area contributed by atoms with Crippen molar-refractivity contribution in [2.45, 2.75) is 13.1 Å². The molecule has 0 aliphatic carbocycles. The first kappa shape index (κ1) is 16.4. The second kappa shape index (κ2) is 7.42. The highest BCUT2D eigenvalue weighted by molar-refractivity contribution is 7.22. The Labute approximate surface area is 145 Å². The average Bonchev–Trinajstić information content (AvgIpc) is 2.96. The summed E-state index contributed by atoms with van der Waals surface area (Å²) in [4.78, 5) is 18.5. The SMILES string of the molecule is CN(C)Cc1ccc(CNC(=O)Nc2nc3ccccc3s2)cc1. The molecule has 0 fully saturated rings. The molecule has 2 N–H and O–H groups in total. The summed E-state index contributed by atoms with van der Waals surface area (Å²) in [6, 6.07) is 15.8. The van der Waals surface area contributed by atoms with E-state index in [-0.39, 0.29) is 6.03 Å². The van der Waals surface area contributed by atoms with Crippen LogP contribution in [0.3, 0.4) is 0 Å². The third kappa shape index (κ3) is 4.31. The van der Waals surface area contributed by atoms with E-state index in [1.807, 2.05) is 50.5 Å². The van der Waals surface area contributed by atoms with Gasteiger partial charge in [-0.05, 0) is 37.4 Å². The first-order valence-corrected chi connectivity index (χ1v) is 8.55. The maximum Gasteiger partial charge on any atom is 0.321 e. The Bertz CT molecular complexity index is 793. The van der Waals surface area contributed by atoms with Crippen LogP contribution in [-0.4, -0.2) is 30.0 Å². The van der Waals surface area contributed by atoms with E-state index in [0.717, 1.165) is 22.3 Å². The summed E-state index contributed by atoms with van der Waals surface area (Å²) in [5.41, 5.74) is 3.22. The number of nitrogens with zero attached hydrogens (tertiary/aromatic N) is 2. The molecule has 1 aromatic heterocycles. The van der Waals surface area contributed by atoms with Gasteiger partial charge in [-0.1, -0.05) is 47.7 Å². The van der Waals surface area contributed by atoms with E-state index in [4.69, 9.17) is 0 Å². The fourth-order valence-corrected chi connectivity index (χ4v) is 3.24. The molecular weight excluding hydrogens is 320 g/mol. The Hall–Kier alpha value is -2.44. The molecule has 2 amide bonds. The van der Waals surface area contributed by atoms with E-state index < -0.39 is 0 Å². The summed E-state index contributed by atoms with van der Waals surface area (Å²) in [6.07, 6.45) is 0. The van der Waals surface area contributed by atoms with E-state index in [2.05, 4.69) is 32.7 Å². The fourth-order valence-electron chi connectivity index (χ4n) is 2.38. The molecule has 3 rings (SSSR count). The van der Waals surface area contributed by atoms with E-state index in [9.17, 15) is 4.79 Å². The summed E-state index contributed by atoms with van der Waals surface area (Å²) < 4.78 is 1.06. The van der Waals surface area contributed by atoms with Crippen molar-refractivity contribution in [3.05, 3.63) is 59.7 Å². The Kier molecular flexibility index (Phi) is 5.08. The van der Waals surface area contributed by atoms with Crippen LogP contribution in [0.5, 0.6) is 0 Å². The van der Waals surface area contributed by atoms with Crippen molar-refractivity contribution in [1.82, 2.24) is 15.2 Å². The molecule has 0 aliphatic rings. The van der Waals surface area contributed by atoms with Crippen LogP contribution in [0.2, 0.25) is 0 Å². The van der Waals surface area contributed by atoms with Gasteiger partial charge in [0.15, 0.2) is 5.13 Å². The third-order valence-electron chi connectivity index (χ3n) is 3.49. The second-order valence-electron chi connectivity index (χ2n) is 5.85. The van der Waals surface area contributed by atoms with Gasteiger partial charge in [-0.25, -0.2) is 9.78 Å². The molecule has 0 aliphatic heterocycles. The topological polar surface area (TPSA) is 57.3 Å². The van der Waals surface area contributed by atoms with Crippen LogP contribution in [0, 0.1) is 0 Å². The highest BCUT2D eigenvalue weighted by Crippen LogP contribution is 2.25. The van der Waals surface area contributed by atoms with Crippen molar-refractivity contribution in [2.24, 2.45) is 0 Å². The van der Waals surface area contributed by atoms with Gasteiger partial charge in [0.05, 0.1) is 10.2 Å². The largest absolute Gasteiger partial charge is 0.334 e. The highest BCUT2D eigenvalue weighted by Gasteiger charge is 2.07. The van der Waals surface area contributed by atoms with Crippen LogP contribution in [0.25, 0.3) is 10.2 Å². The molecule has 2 aromatic carbocycles. The lowest BCUT2D eigenvalue weighted by Gasteiger charge is -2.10. The first-order valence-electron chi connectivity index (χ1n) is 7.73. The molecular formula is C18H20N4OS. The molecule has 0 radical (unpaired) electrons. The lowest BCUT2D eigenvalue weighted by Crippen LogP contribution is -2.28. The number of anilines is 1. The molecule has 0 bridgehead atoms. The molecule has 0 atom stereocenters. The molecule has 0 unspecified atom stereocenters. The minimum absolute atomic E-state index is 0.244. The van der Waals surface area contributed by atoms with Crippen molar-refractivity contribution in [3.8, 4) is 0 Å². The molecule has 0 saturated heterocycles. The van der Waals surface area contributed by atoms with Crippen LogP contribution in [0.15, 0.2) is 48.5 Å². The standard InChI is InChI=1S/C18H20N4OS/c1-22(2)12-14-9-7-13(8-10-14)11-19-17(23)21-18-20-15-5-3-4-6-16(15)24-18/h3-10H,11-12H2,1-2H3,(H2,19,20,21,23). The maximum atomic E-state index is 12.0. The normalized spacial score (nSPS) is 11.0. The van der Waals surface area contributed by atoms with Crippen LogP contribution < -0.4 is 10.6 Å². The number of amides is 2. The first-order chi connectivity index (χ1) is 11.6. The van der Waals surface area contributed by atoms with Crippen LogP contribution in [0.4, 0.5) is 9.93 Å². The third-order valence-corrected chi connectivity index (χ3v) is 4.44. The molecule has 1 heterocycles. The number of thiazole rings is 1. The summed E-state index contributed by atoms with van der Waals surface area (Å²) in [5.74, 6) is 0. The van der Waals surface area contributed by atoms with E-state index in [1.165, 1.54) is 16.9 Å². The van der Waals surface area contributed by atoms with Gasteiger partial charge in [0.25, 0.3) is 0 Å². The Morgan fingerprint density at radius 1 is 1.08 bits per heavy atom. The zero-order chi connectivity index (χ0) is 16.9. The number of fused-ring (bicyclic) bond motifs is 1. The van der Waals surface area contributed by atoms with Gasteiger partial charge >= 0.3 is 6.03 Å². The number of rotatable bonds is 5. The predicted molar refractivity (Wildman–Crippen MR) is 99.3 cm³/mol. The molecule has 5 nitrogen and oxygen atoms in total. The number of para-hydroxylation sites is 1. The zero-order valence-electron chi connectivity index (χ0n) is 13.7. The monoisotopic (exact) mass is 340 g/mol. The van der Waals surface area contributed by atoms with Gasteiger partial charge in [-0.15, -0.1) is 0 Å². The summed E-state index contributed by atoms with van der Waals surface area (Å²) in [7, 11) is 4.09. The number of nitrogens with one attached hydrogen (secondary N) is 2. The van der Waals surface area contributed by atoms with E-state index in [1.54, 1.807) is 0 Å². The molecule has 6 heteroatoms. The Morgan fingerprint density at radius 3 is 2.50 bits per heavy atom. The summed E-state index contributed by atoms with van der Waals surface area (Å²) in [5, 5.41) is 6.25. The number of carbonyl (C=O) groups is 1. The van der Waals surface area contributed by atoms with Crippen molar-refractivity contribution in [3.63, 3.8) is 0 Å². The van der Waals surface area contributed by atoms with Gasteiger partial charge in [0, 0.05) is 13.1 Å². The van der Waals surface area contributed by atoms with Crippen LogP contribution in [0.1, 0.15) is 11.1 Å². The molecule has 3 aromatic rings. The molecule has 24 heavy (non-hydrogen) atoms. The van der Waals surface area contributed by atoms with Crippen molar-refractivity contribution in [1.29, 1.82) is 0 Å².